The summed E-state index contributed by atoms with van der Waals surface area (Å²) >= 11 is 0. The maximum atomic E-state index is 12.5. The quantitative estimate of drug-likeness (QED) is 0.473. The third kappa shape index (κ3) is 3.21. The van der Waals surface area contributed by atoms with Crippen LogP contribution in [0.4, 0.5) is 5.69 Å². The highest BCUT2D eigenvalue weighted by molar-refractivity contribution is 6.06. The second-order valence-electron chi connectivity index (χ2n) is 7.22. The van der Waals surface area contributed by atoms with E-state index in [0.29, 0.717) is 13.0 Å². The van der Waals surface area contributed by atoms with Gasteiger partial charge in [-0.3, -0.25) is 4.79 Å². The Labute approximate surface area is 168 Å². The van der Waals surface area contributed by atoms with Crippen LogP contribution in [-0.4, -0.2) is 20.4 Å². The normalized spacial score (nSPS) is 11.3. The van der Waals surface area contributed by atoms with Gasteiger partial charge in [-0.25, -0.2) is 9.97 Å². The molecule has 2 heterocycles. The molecule has 0 aliphatic rings. The fourth-order valence-corrected chi connectivity index (χ4v) is 3.68. The Bertz CT molecular complexity index is 1350. The summed E-state index contributed by atoms with van der Waals surface area (Å²) in [4.78, 5) is 22.2. The summed E-state index contributed by atoms with van der Waals surface area (Å²) in [6.45, 7) is 2.56. The highest BCUT2D eigenvalue weighted by Crippen LogP contribution is 2.28. The predicted octanol–water partition coefficient (Wildman–Crippen LogP) is 5.07. The van der Waals surface area contributed by atoms with Crippen molar-refractivity contribution in [1.82, 2.24) is 14.5 Å². The summed E-state index contributed by atoms with van der Waals surface area (Å²) in [5.41, 5.74) is 6.44. The predicted molar refractivity (Wildman–Crippen MR) is 117 cm³/mol. The van der Waals surface area contributed by atoms with E-state index in [1.54, 1.807) is 0 Å². The van der Waals surface area contributed by atoms with Gasteiger partial charge in [0.25, 0.3) is 0 Å². The Kier molecular flexibility index (Phi) is 4.21. The SMILES string of the molecule is Cc1ccc(NC(=O)CCn2c3ccccc3c3nc4ccccc4nc32)cc1. The summed E-state index contributed by atoms with van der Waals surface area (Å²) in [7, 11) is 0. The van der Waals surface area contributed by atoms with Crippen LogP contribution in [0, 0.1) is 6.92 Å². The van der Waals surface area contributed by atoms with Gasteiger partial charge >= 0.3 is 0 Å². The van der Waals surface area contributed by atoms with Gasteiger partial charge in [0.05, 0.1) is 16.6 Å². The van der Waals surface area contributed by atoms with Gasteiger partial charge < -0.3 is 9.88 Å². The van der Waals surface area contributed by atoms with Gasteiger partial charge in [-0.05, 0) is 37.3 Å². The van der Waals surface area contributed by atoms with Gasteiger partial charge in [0.2, 0.25) is 5.91 Å². The van der Waals surface area contributed by atoms with Crippen LogP contribution in [0.1, 0.15) is 12.0 Å². The minimum atomic E-state index is -0.0199. The van der Waals surface area contributed by atoms with E-state index in [1.807, 2.05) is 67.6 Å². The van der Waals surface area contributed by atoms with E-state index in [1.165, 1.54) is 5.56 Å². The maximum absolute atomic E-state index is 12.5. The number of aryl methyl sites for hydroxylation is 2. The second kappa shape index (κ2) is 7.02. The van der Waals surface area contributed by atoms with Gasteiger partial charge in [0, 0.05) is 24.0 Å². The lowest BCUT2D eigenvalue weighted by atomic mass is 10.2. The van der Waals surface area contributed by atoms with Crippen LogP contribution in [0.15, 0.2) is 72.8 Å². The number of nitrogens with zero attached hydrogens (tertiary/aromatic N) is 3. The topological polar surface area (TPSA) is 59.8 Å². The highest BCUT2D eigenvalue weighted by atomic mass is 16.1. The van der Waals surface area contributed by atoms with Gasteiger partial charge in [0.1, 0.15) is 5.52 Å². The fraction of sp³-hybridized carbons (Fsp3) is 0.125. The zero-order valence-corrected chi connectivity index (χ0v) is 16.1. The lowest BCUT2D eigenvalue weighted by Crippen LogP contribution is -2.14. The summed E-state index contributed by atoms with van der Waals surface area (Å²) < 4.78 is 2.10. The number of rotatable bonds is 4. The van der Waals surface area contributed by atoms with E-state index >= 15 is 0 Å². The number of nitrogens with one attached hydrogen (secondary N) is 1. The number of fused-ring (bicyclic) bond motifs is 4. The largest absolute Gasteiger partial charge is 0.326 e. The van der Waals surface area contributed by atoms with Crippen molar-refractivity contribution in [2.24, 2.45) is 0 Å². The van der Waals surface area contributed by atoms with Crippen molar-refractivity contribution in [2.75, 3.05) is 5.32 Å². The van der Waals surface area contributed by atoms with Crippen LogP contribution in [0.2, 0.25) is 0 Å². The van der Waals surface area contributed by atoms with Crippen molar-refractivity contribution in [2.45, 2.75) is 19.9 Å². The van der Waals surface area contributed by atoms with Crippen LogP contribution in [-0.2, 0) is 11.3 Å². The molecule has 1 N–H and O–H groups in total. The van der Waals surface area contributed by atoms with Crippen LogP contribution in [0.3, 0.4) is 0 Å². The van der Waals surface area contributed by atoms with Crippen molar-refractivity contribution in [3.05, 3.63) is 78.4 Å². The van der Waals surface area contributed by atoms with Gasteiger partial charge in [-0.15, -0.1) is 0 Å². The van der Waals surface area contributed by atoms with E-state index in [-0.39, 0.29) is 5.91 Å². The average molecular weight is 380 g/mol. The molecule has 0 aliphatic heterocycles. The van der Waals surface area contributed by atoms with Crippen LogP contribution < -0.4 is 5.32 Å². The number of hydrogen-bond acceptors (Lipinski definition) is 3. The minimum Gasteiger partial charge on any atom is -0.326 e. The molecule has 3 aromatic carbocycles. The Morgan fingerprint density at radius 2 is 1.59 bits per heavy atom. The highest BCUT2D eigenvalue weighted by Gasteiger charge is 2.15. The number of amides is 1. The smallest absolute Gasteiger partial charge is 0.226 e. The Morgan fingerprint density at radius 1 is 0.897 bits per heavy atom. The second-order valence-corrected chi connectivity index (χ2v) is 7.22. The Balaban J connectivity index is 1.50. The van der Waals surface area contributed by atoms with Crippen LogP contribution >= 0.6 is 0 Å². The summed E-state index contributed by atoms with van der Waals surface area (Å²) in [6.07, 6.45) is 0.357. The van der Waals surface area contributed by atoms with Crippen molar-refractivity contribution >= 4 is 44.7 Å². The molecule has 0 aliphatic carbocycles. The summed E-state index contributed by atoms with van der Waals surface area (Å²) in [5.74, 6) is -0.0199. The zero-order valence-electron chi connectivity index (χ0n) is 16.1. The van der Waals surface area contributed by atoms with Crippen molar-refractivity contribution in [1.29, 1.82) is 0 Å². The van der Waals surface area contributed by atoms with Crippen molar-refractivity contribution in [3.8, 4) is 0 Å². The zero-order chi connectivity index (χ0) is 19.8. The molecule has 1 amide bonds. The number of anilines is 1. The van der Waals surface area contributed by atoms with E-state index in [4.69, 9.17) is 9.97 Å². The van der Waals surface area contributed by atoms with Gasteiger partial charge in [-0.1, -0.05) is 48.0 Å². The van der Waals surface area contributed by atoms with E-state index < -0.39 is 0 Å². The molecule has 5 heteroatoms. The maximum Gasteiger partial charge on any atom is 0.226 e. The fourth-order valence-electron chi connectivity index (χ4n) is 3.68. The first kappa shape index (κ1) is 17.4. The molecular formula is C24H20N4O. The number of benzene rings is 3. The molecular weight excluding hydrogens is 360 g/mol. The molecule has 0 atom stereocenters. The average Bonchev–Trinajstić information content (AvgIpc) is 3.05. The molecule has 0 spiro atoms. The minimum absolute atomic E-state index is 0.0199. The van der Waals surface area contributed by atoms with Crippen LogP contribution in [0.25, 0.3) is 33.1 Å². The lowest BCUT2D eigenvalue weighted by molar-refractivity contribution is -0.116. The Hall–Kier alpha value is -3.73. The van der Waals surface area contributed by atoms with Crippen molar-refractivity contribution < 1.29 is 4.79 Å². The van der Waals surface area contributed by atoms with E-state index in [0.717, 1.165) is 38.8 Å². The monoisotopic (exact) mass is 380 g/mol. The Morgan fingerprint density at radius 3 is 2.38 bits per heavy atom. The molecule has 142 valence electrons. The lowest BCUT2D eigenvalue weighted by Gasteiger charge is -2.08. The molecule has 5 nitrogen and oxygen atoms in total. The standard InChI is InChI=1S/C24H20N4O/c1-16-10-12-17(13-11-16)25-22(29)14-15-28-21-9-5-2-6-18(21)23-24(28)27-20-8-4-3-7-19(20)26-23/h2-13H,14-15H2,1H3,(H,25,29). The first-order valence-electron chi connectivity index (χ1n) is 9.69. The molecule has 2 aromatic heterocycles. The van der Waals surface area contributed by atoms with E-state index in [9.17, 15) is 4.79 Å². The number of carbonyl (C=O) groups excluding carboxylic acids is 1. The number of carbonyl (C=O) groups is 1. The van der Waals surface area contributed by atoms with Crippen molar-refractivity contribution in [3.63, 3.8) is 0 Å². The molecule has 29 heavy (non-hydrogen) atoms. The number of aromatic nitrogens is 3. The first-order valence-corrected chi connectivity index (χ1v) is 9.69. The third-order valence-corrected chi connectivity index (χ3v) is 5.16. The molecule has 5 aromatic rings. The molecule has 0 bridgehead atoms. The number of hydrogen-bond donors (Lipinski definition) is 1. The molecule has 0 saturated heterocycles. The van der Waals surface area contributed by atoms with Gasteiger partial charge in [0.15, 0.2) is 5.65 Å². The van der Waals surface area contributed by atoms with Gasteiger partial charge in [-0.2, -0.15) is 0 Å². The third-order valence-electron chi connectivity index (χ3n) is 5.16. The molecule has 5 rings (SSSR count). The molecule has 0 saturated carbocycles. The summed E-state index contributed by atoms with van der Waals surface area (Å²) in [6, 6.07) is 23.8. The number of para-hydroxylation sites is 3. The molecule has 0 unspecified atom stereocenters. The first-order chi connectivity index (χ1) is 14.2. The summed E-state index contributed by atoms with van der Waals surface area (Å²) in [5, 5.41) is 4.02. The molecule has 0 fully saturated rings. The van der Waals surface area contributed by atoms with Crippen LogP contribution in [0.5, 0.6) is 0 Å². The van der Waals surface area contributed by atoms with E-state index in [2.05, 4.69) is 22.0 Å². The molecule has 0 radical (unpaired) electrons.